The summed E-state index contributed by atoms with van der Waals surface area (Å²) in [5.74, 6) is -1.40. The van der Waals surface area contributed by atoms with E-state index in [1.54, 1.807) is 11.7 Å². The Balaban J connectivity index is 2.22. The van der Waals surface area contributed by atoms with E-state index in [1.807, 2.05) is 6.92 Å². The minimum Gasteiger partial charge on any atom is -0.480 e. The average molecular weight is 340 g/mol. The molecule has 2 heterocycles. The topological polar surface area (TPSA) is 93.3 Å². The first-order chi connectivity index (χ1) is 10.9. The van der Waals surface area contributed by atoms with E-state index in [4.69, 9.17) is 16.7 Å². The molecule has 1 amide bonds. The van der Waals surface area contributed by atoms with E-state index in [9.17, 15) is 9.59 Å². The molecule has 0 saturated heterocycles. The molecule has 0 aliphatic heterocycles. The van der Waals surface area contributed by atoms with Gasteiger partial charge in [-0.05, 0) is 19.9 Å². The van der Waals surface area contributed by atoms with E-state index in [0.29, 0.717) is 11.6 Å². The molecule has 23 heavy (non-hydrogen) atoms. The van der Waals surface area contributed by atoms with Gasteiger partial charge in [-0.2, -0.15) is 10.2 Å². The molecule has 0 radical (unpaired) electrons. The summed E-state index contributed by atoms with van der Waals surface area (Å²) in [4.78, 5) is 25.2. The number of carboxylic acid groups (broad SMARTS) is 1. The van der Waals surface area contributed by atoms with Gasteiger partial charge >= 0.3 is 5.97 Å². The van der Waals surface area contributed by atoms with E-state index >= 15 is 0 Å². The van der Waals surface area contributed by atoms with Gasteiger partial charge in [-0.3, -0.25) is 9.48 Å². The number of aromatic nitrogens is 4. The molecular formula is C14H18ClN5O3. The van der Waals surface area contributed by atoms with Crippen molar-refractivity contribution in [3.63, 3.8) is 0 Å². The van der Waals surface area contributed by atoms with Crippen LogP contribution in [0, 0.1) is 0 Å². The maximum Gasteiger partial charge on any atom is 0.328 e. The van der Waals surface area contributed by atoms with Crippen LogP contribution < -0.4 is 0 Å². The van der Waals surface area contributed by atoms with Crippen molar-refractivity contribution in [1.29, 1.82) is 0 Å². The second-order valence-corrected chi connectivity index (χ2v) is 5.50. The number of halogens is 1. The summed E-state index contributed by atoms with van der Waals surface area (Å²) in [6.45, 7) is 4.30. The van der Waals surface area contributed by atoms with E-state index in [0.717, 1.165) is 5.69 Å². The van der Waals surface area contributed by atoms with Gasteiger partial charge in [-0.25, -0.2) is 9.48 Å². The van der Waals surface area contributed by atoms with Crippen LogP contribution in [0.15, 0.2) is 18.5 Å². The van der Waals surface area contributed by atoms with Crippen LogP contribution in [0.2, 0.25) is 5.02 Å². The summed E-state index contributed by atoms with van der Waals surface area (Å²) in [5.41, 5.74) is 0.934. The van der Waals surface area contributed by atoms with Crippen LogP contribution >= 0.6 is 11.6 Å². The molecule has 0 aliphatic carbocycles. The van der Waals surface area contributed by atoms with Crippen LogP contribution in [0.4, 0.5) is 0 Å². The molecule has 9 heteroatoms. The number of aliphatic carboxylic acids is 1. The third kappa shape index (κ3) is 3.37. The highest BCUT2D eigenvalue weighted by Gasteiger charge is 2.24. The largest absolute Gasteiger partial charge is 0.480 e. The molecule has 1 N–H and O–H groups in total. The third-order valence-corrected chi connectivity index (χ3v) is 3.86. The first-order valence-electron chi connectivity index (χ1n) is 7.08. The first-order valence-corrected chi connectivity index (χ1v) is 7.46. The Hall–Kier alpha value is -2.35. The molecule has 0 saturated carbocycles. The molecule has 2 rings (SSSR count). The molecule has 124 valence electrons. The number of carbonyl (C=O) groups is 2. The number of hydrogen-bond donors (Lipinski definition) is 1. The molecule has 0 bridgehead atoms. The molecule has 1 unspecified atom stereocenters. The van der Waals surface area contributed by atoms with Gasteiger partial charge < -0.3 is 10.0 Å². The molecule has 2 aromatic heterocycles. The highest BCUT2D eigenvalue weighted by atomic mass is 35.5. The van der Waals surface area contributed by atoms with Gasteiger partial charge in [-0.15, -0.1) is 0 Å². The highest BCUT2D eigenvalue weighted by molar-refractivity contribution is 6.31. The van der Waals surface area contributed by atoms with Gasteiger partial charge in [0, 0.05) is 19.8 Å². The van der Waals surface area contributed by atoms with Gasteiger partial charge in [-0.1, -0.05) is 11.6 Å². The Morgan fingerprint density at radius 1 is 1.43 bits per heavy atom. The molecule has 1 atom stereocenters. The van der Waals surface area contributed by atoms with Gasteiger partial charge in [0.1, 0.15) is 11.7 Å². The Morgan fingerprint density at radius 2 is 2.13 bits per heavy atom. The fourth-order valence-electron chi connectivity index (χ4n) is 2.21. The summed E-state index contributed by atoms with van der Waals surface area (Å²) >= 11 is 6.10. The van der Waals surface area contributed by atoms with Crippen molar-refractivity contribution >= 4 is 23.5 Å². The number of hydrogen-bond acceptors (Lipinski definition) is 4. The van der Waals surface area contributed by atoms with E-state index in [-0.39, 0.29) is 18.1 Å². The van der Waals surface area contributed by atoms with Gasteiger partial charge in [0.2, 0.25) is 0 Å². The van der Waals surface area contributed by atoms with Crippen LogP contribution in [-0.4, -0.2) is 48.5 Å². The predicted molar refractivity (Wildman–Crippen MR) is 83.3 cm³/mol. The first kappa shape index (κ1) is 17.0. The zero-order valence-corrected chi connectivity index (χ0v) is 13.9. The maximum absolute atomic E-state index is 12.6. The maximum atomic E-state index is 12.6. The van der Waals surface area contributed by atoms with E-state index < -0.39 is 12.0 Å². The minimum absolute atomic E-state index is 0.209. The van der Waals surface area contributed by atoms with Crippen LogP contribution in [0.5, 0.6) is 0 Å². The number of rotatable bonds is 6. The number of aryl methyl sites for hydroxylation is 1. The molecule has 0 aromatic carbocycles. The normalized spacial score (nSPS) is 12.2. The fourth-order valence-corrected chi connectivity index (χ4v) is 2.41. The predicted octanol–water partition coefficient (Wildman–Crippen LogP) is 1.67. The van der Waals surface area contributed by atoms with Crippen molar-refractivity contribution < 1.29 is 14.7 Å². The van der Waals surface area contributed by atoms with Crippen molar-refractivity contribution in [3.05, 3.63) is 34.9 Å². The SMILES string of the molecule is CCn1ncc(Cl)c1CN(C)C(=O)c1ccnn1C(C)C(=O)O. The van der Waals surface area contributed by atoms with Crippen molar-refractivity contribution in [2.75, 3.05) is 7.05 Å². The number of carbonyl (C=O) groups excluding carboxylic acids is 1. The minimum atomic E-state index is -1.06. The second kappa shape index (κ2) is 6.82. The standard InChI is InChI=1S/C14H18ClN5O3/c1-4-19-12(10(15)7-17-19)8-18(3)13(21)11-5-6-16-20(11)9(2)14(22)23/h5-7,9H,4,8H2,1-3H3,(H,22,23). The molecule has 0 spiro atoms. The zero-order chi connectivity index (χ0) is 17.1. The Labute approximate surface area is 138 Å². The summed E-state index contributed by atoms with van der Waals surface area (Å²) in [5, 5.41) is 17.6. The summed E-state index contributed by atoms with van der Waals surface area (Å²) in [6, 6.07) is 0.568. The Morgan fingerprint density at radius 3 is 2.74 bits per heavy atom. The molecule has 0 fully saturated rings. The Bertz CT molecular complexity index is 724. The zero-order valence-electron chi connectivity index (χ0n) is 13.1. The lowest BCUT2D eigenvalue weighted by Gasteiger charge is -2.19. The monoisotopic (exact) mass is 339 g/mol. The van der Waals surface area contributed by atoms with Crippen LogP contribution in [0.25, 0.3) is 0 Å². The Kier molecular flexibility index (Phi) is 5.05. The van der Waals surface area contributed by atoms with Crippen molar-refractivity contribution in [2.45, 2.75) is 33.0 Å². The molecular weight excluding hydrogens is 322 g/mol. The molecule has 2 aromatic rings. The molecule has 0 aliphatic rings. The second-order valence-electron chi connectivity index (χ2n) is 5.09. The quantitative estimate of drug-likeness (QED) is 0.864. The van der Waals surface area contributed by atoms with Crippen LogP contribution in [-0.2, 0) is 17.9 Å². The number of nitrogens with zero attached hydrogens (tertiary/aromatic N) is 5. The summed E-state index contributed by atoms with van der Waals surface area (Å²) in [7, 11) is 1.62. The summed E-state index contributed by atoms with van der Waals surface area (Å²) < 4.78 is 2.91. The van der Waals surface area contributed by atoms with Crippen LogP contribution in [0.1, 0.15) is 36.1 Å². The van der Waals surface area contributed by atoms with Gasteiger partial charge in [0.15, 0.2) is 0 Å². The smallest absolute Gasteiger partial charge is 0.328 e. The molecule has 8 nitrogen and oxygen atoms in total. The fraction of sp³-hybridized carbons (Fsp3) is 0.429. The third-order valence-electron chi connectivity index (χ3n) is 3.54. The van der Waals surface area contributed by atoms with Crippen LogP contribution in [0.3, 0.4) is 0 Å². The van der Waals surface area contributed by atoms with Gasteiger partial charge in [0.05, 0.1) is 23.5 Å². The van der Waals surface area contributed by atoms with Crippen molar-refractivity contribution in [2.24, 2.45) is 0 Å². The number of carboxylic acids is 1. The van der Waals surface area contributed by atoms with Gasteiger partial charge in [0.25, 0.3) is 5.91 Å². The van der Waals surface area contributed by atoms with Crippen molar-refractivity contribution in [1.82, 2.24) is 24.5 Å². The summed E-state index contributed by atoms with van der Waals surface area (Å²) in [6.07, 6.45) is 2.94. The average Bonchev–Trinajstić information content (AvgIpc) is 3.13. The van der Waals surface area contributed by atoms with E-state index in [1.165, 1.54) is 35.0 Å². The number of amides is 1. The highest BCUT2D eigenvalue weighted by Crippen LogP contribution is 2.18. The lowest BCUT2D eigenvalue weighted by Crippen LogP contribution is -2.31. The lowest BCUT2D eigenvalue weighted by atomic mass is 10.3. The van der Waals surface area contributed by atoms with E-state index in [2.05, 4.69) is 10.2 Å². The lowest BCUT2D eigenvalue weighted by molar-refractivity contribution is -0.140. The van der Waals surface area contributed by atoms with Crippen molar-refractivity contribution in [3.8, 4) is 0 Å².